The minimum atomic E-state index is -2.08. The highest BCUT2D eigenvalue weighted by Crippen LogP contribution is 2.65. The predicted molar refractivity (Wildman–Crippen MR) is 183 cm³/mol. The monoisotopic (exact) mass is 704 g/mol. The van der Waals surface area contributed by atoms with Crippen LogP contribution in [0.1, 0.15) is 83.1 Å². The van der Waals surface area contributed by atoms with Gasteiger partial charge in [0.15, 0.2) is 11.7 Å². The van der Waals surface area contributed by atoms with Crippen LogP contribution in [0.15, 0.2) is 71.8 Å². The van der Waals surface area contributed by atoms with E-state index >= 15 is 4.79 Å². The predicted octanol–water partition coefficient (Wildman–Crippen LogP) is 4.07. The number of ether oxygens (including phenoxy) is 4. The first-order valence-electron chi connectivity index (χ1n) is 17.6. The summed E-state index contributed by atoms with van der Waals surface area (Å²) in [5.41, 5.74) is -4.76. The fraction of sp³-hybridized carbons (Fsp3) is 0.550. The van der Waals surface area contributed by atoms with Gasteiger partial charge in [-0.2, -0.15) is 0 Å². The van der Waals surface area contributed by atoms with Crippen molar-refractivity contribution >= 4 is 23.7 Å². The zero-order chi connectivity index (χ0) is 37.3. The molecule has 2 aromatic carbocycles. The van der Waals surface area contributed by atoms with Gasteiger partial charge in [-0.25, -0.2) is 9.59 Å². The molecule has 11 nitrogen and oxygen atoms in total. The fourth-order valence-electron chi connectivity index (χ4n) is 9.62. The number of aliphatic hydroxyl groups is 3. The molecule has 0 radical (unpaired) electrons. The third-order valence-electron chi connectivity index (χ3n) is 12.5. The second-order valence-electron chi connectivity index (χ2n) is 15.6. The second-order valence-corrected chi connectivity index (χ2v) is 15.6. The molecule has 11 atom stereocenters. The lowest BCUT2D eigenvalue weighted by molar-refractivity contribution is -0.345. The molecule has 0 amide bonds. The van der Waals surface area contributed by atoms with E-state index in [0.29, 0.717) is 11.1 Å². The zero-order valence-corrected chi connectivity index (χ0v) is 30.1. The number of hydrogen-bond acceptors (Lipinski definition) is 11. The van der Waals surface area contributed by atoms with Crippen LogP contribution in [0.2, 0.25) is 0 Å². The van der Waals surface area contributed by atoms with Crippen molar-refractivity contribution in [1.82, 2.24) is 0 Å². The van der Waals surface area contributed by atoms with Crippen molar-refractivity contribution in [2.45, 2.75) is 109 Å². The highest BCUT2D eigenvalue weighted by Gasteiger charge is 2.77. The number of fused-ring (bicyclic) bond motifs is 5. The average molecular weight is 705 g/mol. The number of esters is 3. The molecule has 1 heterocycles. The molecule has 2 aromatic rings. The molecule has 6 rings (SSSR count). The van der Waals surface area contributed by atoms with E-state index < -0.39 is 94.0 Å². The van der Waals surface area contributed by atoms with Crippen LogP contribution in [0.3, 0.4) is 0 Å². The molecule has 3 N–H and O–H groups in total. The summed E-state index contributed by atoms with van der Waals surface area (Å²) in [6.45, 7) is 11.3. The molecule has 0 spiro atoms. The lowest BCUT2D eigenvalue weighted by Crippen LogP contribution is -2.81. The Hall–Kier alpha value is -3.90. The second kappa shape index (κ2) is 12.9. The van der Waals surface area contributed by atoms with Crippen molar-refractivity contribution in [3.8, 4) is 0 Å². The summed E-state index contributed by atoms with van der Waals surface area (Å²) in [5.74, 6) is -5.65. The SMILES string of the molecule is CC(=O)O[C@@]12CO[C@@H]1C[C@H](O)[C@@]1(C)C(=O)[C@H](C)C3=C(C)[C@@H](OC(=O)[C@H](O)[C@@H](C)c4ccccc4)C[C@@](O)([C@@H](OC(=O)c4ccccc4)[C@H]21)C3(C)C. The number of ketones is 1. The lowest BCUT2D eigenvalue weighted by atomic mass is 9.43. The molecule has 11 heteroatoms. The van der Waals surface area contributed by atoms with E-state index in [0.717, 1.165) is 5.56 Å². The van der Waals surface area contributed by atoms with Crippen LogP contribution in [0, 0.1) is 22.7 Å². The molecule has 2 saturated carbocycles. The smallest absolute Gasteiger partial charge is 0.338 e. The lowest BCUT2D eigenvalue weighted by Gasteiger charge is -2.67. The van der Waals surface area contributed by atoms with E-state index in [4.69, 9.17) is 18.9 Å². The van der Waals surface area contributed by atoms with Crippen LogP contribution >= 0.6 is 0 Å². The number of aliphatic hydroxyl groups excluding tert-OH is 2. The first kappa shape index (κ1) is 36.9. The highest BCUT2D eigenvalue weighted by atomic mass is 16.6. The van der Waals surface area contributed by atoms with E-state index in [9.17, 15) is 29.7 Å². The van der Waals surface area contributed by atoms with Gasteiger partial charge in [-0.05, 0) is 42.7 Å². The summed E-state index contributed by atoms with van der Waals surface area (Å²) >= 11 is 0. The Balaban J connectivity index is 1.53. The maximum Gasteiger partial charge on any atom is 0.338 e. The van der Waals surface area contributed by atoms with Crippen LogP contribution in [0.25, 0.3) is 0 Å². The standard InChI is InChI=1S/C40H48O11/c1-21(25-14-10-8-11-15-25)31(43)36(46)49-27-19-40(47)34(50-35(45)26-16-12-9-13-17-26)32-38(7,33(44)23(3)30(22(27)2)37(40,5)6)28(42)18-29-39(32,20-48-29)51-24(4)41/h8-17,21,23,27-29,31-32,34,42-43,47H,18-20H2,1-7H3/t21-,23+,27-,28-,29+,31+,32-,34-,38+,39-,40+/m0/s1. The number of carbonyl (C=O) groups is 4. The summed E-state index contributed by atoms with van der Waals surface area (Å²) in [5, 5.41) is 36.4. The normalized spacial score (nSPS) is 36.5. The molecule has 4 aliphatic rings. The average Bonchev–Trinajstić information content (AvgIpc) is 3.09. The molecule has 1 aliphatic heterocycles. The Morgan fingerprint density at radius 1 is 0.980 bits per heavy atom. The Morgan fingerprint density at radius 2 is 1.59 bits per heavy atom. The quantitative estimate of drug-likeness (QED) is 0.216. The van der Waals surface area contributed by atoms with Gasteiger partial charge in [-0.1, -0.05) is 76.2 Å². The number of carbonyl (C=O) groups excluding carboxylic acids is 4. The molecular weight excluding hydrogens is 656 g/mol. The minimum absolute atomic E-state index is 0.0321. The van der Waals surface area contributed by atoms with Crippen LogP contribution < -0.4 is 0 Å². The summed E-state index contributed by atoms with van der Waals surface area (Å²) in [6, 6.07) is 17.2. The van der Waals surface area contributed by atoms with Crippen LogP contribution in [0.4, 0.5) is 0 Å². The molecule has 51 heavy (non-hydrogen) atoms. The van der Waals surface area contributed by atoms with Gasteiger partial charge in [-0.3, -0.25) is 9.59 Å². The summed E-state index contributed by atoms with van der Waals surface area (Å²) in [7, 11) is 0. The van der Waals surface area contributed by atoms with Crippen molar-refractivity contribution in [3.63, 3.8) is 0 Å². The van der Waals surface area contributed by atoms with Crippen molar-refractivity contribution in [2.24, 2.45) is 22.7 Å². The summed E-state index contributed by atoms with van der Waals surface area (Å²) in [4.78, 5) is 55.5. The number of rotatable bonds is 7. The molecule has 2 bridgehead atoms. The zero-order valence-electron chi connectivity index (χ0n) is 30.1. The molecule has 274 valence electrons. The topological polar surface area (TPSA) is 166 Å². The molecule has 1 saturated heterocycles. The maximum absolute atomic E-state index is 15.0. The van der Waals surface area contributed by atoms with Gasteiger partial charge < -0.3 is 34.3 Å². The Labute approximate surface area is 297 Å². The van der Waals surface area contributed by atoms with E-state index in [1.54, 1.807) is 96.1 Å². The summed E-state index contributed by atoms with van der Waals surface area (Å²) in [6.07, 6.45) is -6.81. The van der Waals surface area contributed by atoms with E-state index in [1.807, 2.05) is 6.07 Å². The van der Waals surface area contributed by atoms with Gasteiger partial charge in [0.25, 0.3) is 0 Å². The third-order valence-corrected chi connectivity index (χ3v) is 12.5. The molecule has 0 unspecified atom stereocenters. The fourth-order valence-corrected chi connectivity index (χ4v) is 9.62. The third kappa shape index (κ3) is 5.55. The van der Waals surface area contributed by atoms with Gasteiger partial charge in [0.2, 0.25) is 0 Å². The molecule has 3 fully saturated rings. The minimum Gasteiger partial charge on any atom is -0.456 e. The Morgan fingerprint density at radius 3 is 2.16 bits per heavy atom. The van der Waals surface area contributed by atoms with Crippen molar-refractivity contribution in [2.75, 3.05) is 6.61 Å². The molecule has 0 aromatic heterocycles. The molecule has 3 aliphatic carbocycles. The van der Waals surface area contributed by atoms with Gasteiger partial charge in [0.05, 0.1) is 29.6 Å². The van der Waals surface area contributed by atoms with E-state index in [2.05, 4.69) is 0 Å². The van der Waals surface area contributed by atoms with E-state index in [-0.39, 0.29) is 25.0 Å². The van der Waals surface area contributed by atoms with E-state index in [1.165, 1.54) is 6.92 Å². The largest absolute Gasteiger partial charge is 0.456 e. The first-order valence-corrected chi connectivity index (χ1v) is 17.6. The number of hydrogen-bond donors (Lipinski definition) is 3. The van der Waals surface area contributed by atoms with Gasteiger partial charge in [0.1, 0.15) is 29.7 Å². The van der Waals surface area contributed by atoms with Gasteiger partial charge in [-0.15, -0.1) is 0 Å². The van der Waals surface area contributed by atoms with Crippen molar-refractivity contribution < 1.29 is 53.4 Å². The molecular formula is C40H48O11. The number of benzene rings is 2. The van der Waals surface area contributed by atoms with Crippen LogP contribution in [-0.2, 0) is 33.3 Å². The maximum atomic E-state index is 15.0. The Bertz CT molecular complexity index is 1740. The summed E-state index contributed by atoms with van der Waals surface area (Å²) < 4.78 is 24.3. The van der Waals surface area contributed by atoms with Gasteiger partial charge >= 0.3 is 17.9 Å². The van der Waals surface area contributed by atoms with Crippen LogP contribution in [0.5, 0.6) is 0 Å². The van der Waals surface area contributed by atoms with Crippen molar-refractivity contribution in [3.05, 3.63) is 82.9 Å². The van der Waals surface area contributed by atoms with Crippen molar-refractivity contribution in [1.29, 1.82) is 0 Å². The first-order chi connectivity index (χ1) is 23.9. The Kier molecular flexibility index (Phi) is 9.36. The van der Waals surface area contributed by atoms with Crippen LogP contribution in [-0.4, -0.2) is 87.3 Å². The highest BCUT2D eigenvalue weighted by molar-refractivity contribution is 5.92. The van der Waals surface area contributed by atoms with Gasteiger partial charge in [0, 0.05) is 37.0 Å². The number of Topliss-reactive ketones (excluding diaryl/α,β-unsaturated/α-hetero) is 1.